The molecule has 0 aromatic carbocycles. The van der Waals surface area contributed by atoms with Crippen molar-refractivity contribution in [3.8, 4) is 0 Å². The number of primary amides is 1. The second-order valence-electron chi connectivity index (χ2n) is 3.73. The quantitative estimate of drug-likeness (QED) is 0.452. The van der Waals surface area contributed by atoms with Crippen LogP contribution >= 0.6 is 25.3 Å². The Hall–Kier alpha value is -0.160. The molecule has 0 aromatic rings. The lowest BCUT2D eigenvalue weighted by atomic mass is 10.1. The van der Waals surface area contributed by atoms with Gasteiger partial charge in [-0.25, -0.2) is 0 Å². The van der Waals surface area contributed by atoms with Gasteiger partial charge in [0.2, 0.25) is 5.91 Å². The molecule has 15 heavy (non-hydrogen) atoms. The summed E-state index contributed by atoms with van der Waals surface area (Å²) in [5, 5.41) is -0.0482. The van der Waals surface area contributed by atoms with Crippen LogP contribution in [0.2, 0.25) is 0 Å². The van der Waals surface area contributed by atoms with Crippen LogP contribution in [0.15, 0.2) is 0 Å². The lowest BCUT2D eigenvalue weighted by molar-refractivity contribution is -0.118. The van der Waals surface area contributed by atoms with Gasteiger partial charge in [0, 0.05) is 11.7 Å². The van der Waals surface area contributed by atoms with Crippen LogP contribution < -0.4 is 5.73 Å². The Kier molecular flexibility index (Phi) is 7.96. The molecule has 0 aromatic heterocycles. The van der Waals surface area contributed by atoms with E-state index in [-0.39, 0.29) is 22.2 Å². The zero-order valence-electron chi connectivity index (χ0n) is 8.98. The number of ketones is 1. The molecule has 0 saturated carbocycles. The van der Waals surface area contributed by atoms with E-state index < -0.39 is 0 Å². The van der Waals surface area contributed by atoms with Crippen LogP contribution in [0.25, 0.3) is 0 Å². The summed E-state index contributed by atoms with van der Waals surface area (Å²) >= 11 is 8.54. The van der Waals surface area contributed by atoms with Crippen molar-refractivity contribution < 1.29 is 9.59 Å². The van der Waals surface area contributed by atoms with Crippen LogP contribution in [-0.2, 0) is 9.59 Å². The van der Waals surface area contributed by atoms with Crippen LogP contribution in [0.3, 0.4) is 0 Å². The topological polar surface area (TPSA) is 60.2 Å². The SMILES string of the molecule is CC(=O)C(S)CC(S)CCCCC(N)=O. The summed E-state index contributed by atoms with van der Waals surface area (Å²) < 4.78 is 0. The molecule has 0 bridgehead atoms. The van der Waals surface area contributed by atoms with Crippen LogP contribution in [0.4, 0.5) is 0 Å². The highest BCUT2D eigenvalue weighted by atomic mass is 32.1. The fourth-order valence-electron chi connectivity index (χ4n) is 1.22. The standard InChI is InChI=1S/C10H19NO2S2/c1-7(12)9(15)6-8(14)4-2-3-5-10(11)13/h8-9,14-15H,2-6H2,1H3,(H2,11,13). The number of hydrogen-bond acceptors (Lipinski definition) is 4. The maximum atomic E-state index is 10.9. The van der Waals surface area contributed by atoms with E-state index in [0.717, 1.165) is 19.3 Å². The molecular formula is C10H19NO2S2. The maximum absolute atomic E-state index is 10.9. The number of carbonyl (C=O) groups excluding carboxylic acids is 2. The third-order valence-electron chi connectivity index (χ3n) is 2.18. The van der Waals surface area contributed by atoms with E-state index in [4.69, 9.17) is 5.73 Å². The van der Waals surface area contributed by atoms with Gasteiger partial charge in [-0.2, -0.15) is 25.3 Å². The van der Waals surface area contributed by atoms with Crippen molar-refractivity contribution in [3.05, 3.63) is 0 Å². The smallest absolute Gasteiger partial charge is 0.217 e. The first-order valence-electron chi connectivity index (χ1n) is 5.08. The summed E-state index contributed by atoms with van der Waals surface area (Å²) in [6.07, 6.45) is 3.70. The zero-order valence-corrected chi connectivity index (χ0v) is 10.8. The fraction of sp³-hybridized carbons (Fsp3) is 0.800. The average molecular weight is 249 g/mol. The Morgan fingerprint density at radius 3 is 2.33 bits per heavy atom. The van der Waals surface area contributed by atoms with Gasteiger partial charge in [-0.15, -0.1) is 0 Å². The largest absolute Gasteiger partial charge is 0.370 e. The number of unbranched alkanes of at least 4 members (excludes halogenated alkanes) is 1. The van der Waals surface area contributed by atoms with E-state index >= 15 is 0 Å². The van der Waals surface area contributed by atoms with Crippen LogP contribution in [0.1, 0.15) is 39.0 Å². The lowest BCUT2D eigenvalue weighted by Gasteiger charge is -2.13. The molecule has 0 heterocycles. The molecule has 0 saturated heterocycles. The molecule has 2 atom stereocenters. The molecule has 2 N–H and O–H groups in total. The highest BCUT2D eigenvalue weighted by Gasteiger charge is 2.13. The number of amides is 1. The first-order valence-corrected chi connectivity index (χ1v) is 6.11. The third kappa shape index (κ3) is 8.81. The summed E-state index contributed by atoms with van der Waals surface area (Å²) in [7, 11) is 0. The molecule has 88 valence electrons. The molecule has 0 fully saturated rings. The number of thiol groups is 2. The van der Waals surface area contributed by atoms with Crippen molar-refractivity contribution in [1.29, 1.82) is 0 Å². The van der Waals surface area contributed by atoms with Gasteiger partial charge in [0.25, 0.3) is 0 Å². The first-order chi connectivity index (χ1) is 6.93. The highest BCUT2D eigenvalue weighted by Crippen LogP contribution is 2.17. The minimum Gasteiger partial charge on any atom is -0.370 e. The van der Waals surface area contributed by atoms with Gasteiger partial charge in [-0.3, -0.25) is 9.59 Å². The summed E-state index contributed by atoms with van der Waals surface area (Å²) in [5.74, 6) is -0.184. The monoisotopic (exact) mass is 249 g/mol. The van der Waals surface area contributed by atoms with Crippen molar-refractivity contribution in [2.75, 3.05) is 0 Å². The highest BCUT2D eigenvalue weighted by molar-refractivity contribution is 7.82. The number of carbonyl (C=O) groups is 2. The molecular weight excluding hydrogens is 230 g/mol. The Morgan fingerprint density at radius 2 is 1.87 bits per heavy atom. The summed E-state index contributed by atoms with van der Waals surface area (Å²) in [4.78, 5) is 21.4. The van der Waals surface area contributed by atoms with E-state index in [2.05, 4.69) is 25.3 Å². The number of rotatable bonds is 8. The second kappa shape index (κ2) is 8.05. The Bertz CT molecular complexity index is 221. The molecule has 0 radical (unpaired) electrons. The Balaban J connectivity index is 3.53. The van der Waals surface area contributed by atoms with Crippen molar-refractivity contribution in [1.82, 2.24) is 0 Å². The van der Waals surface area contributed by atoms with Gasteiger partial charge in [-0.1, -0.05) is 6.42 Å². The van der Waals surface area contributed by atoms with Crippen LogP contribution in [0.5, 0.6) is 0 Å². The van der Waals surface area contributed by atoms with Gasteiger partial charge in [0.05, 0.1) is 5.25 Å². The molecule has 0 aliphatic carbocycles. The molecule has 0 rings (SSSR count). The molecule has 3 nitrogen and oxygen atoms in total. The van der Waals surface area contributed by atoms with Gasteiger partial charge < -0.3 is 5.73 Å². The van der Waals surface area contributed by atoms with E-state index in [1.54, 1.807) is 0 Å². The fourth-order valence-corrected chi connectivity index (χ4v) is 2.03. The minimum absolute atomic E-state index is 0.0783. The number of Topliss-reactive ketones (excluding diaryl/α,β-unsaturated/α-hetero) is 1. The van der Waals surface area contributed by atoms with Gasteiger partial charge in [0.15, 0.2) is 0 Å². The molecule has 0 aliphatic heterocycles. The number of nitrogens with two attached hydrogens (primary N) is 1. The van der Waals surface area contributed by atoms with E-state index in [9.17, 15) is 9.59 Å². The predicted molar refractivity (Wildman–Crippen MR) is 68.5 cm³/mol. The van der Waals surface area contributed by atoms with Crippen LogP contribution in [0, 0.1) is 0 Å². The molecule has 2 unspecified atom stereocenters. The van der Waals surface area contributed by atoms with E-state index in [1.807, 2.05) is 0 Å². The summed E-state index contributed by atoms with van der Waals surface area (Å²) in [6, 6.07) is 0. The lowest BCUT2D eigenvalue weighted by Crippen LogP contribution is -2.16. The first kappa shape index (κ1) is 14.8. The van der Waals surface area contributed by atoms with Crippen molar-refractivity contribution in [3.63, 3.8) is 0 Å². The summed E-state index contributed by atoms with van der Waals surface area (Å²) in [6.45, 7) is 1.53. The zero-order chi connectivity index (χ0) is 11.8. The third-order valence-corrected chi connectivity index (χ3v) is 3.22. The molecule has 1 amide bonds. The van der Waals surface area contributed by atoms with E-state index in [0.29, 0.717) is 12.8 Å². The number of hydrogen-bond donors (Lipinski definition) is 3. The molecule has 0 aliphatic rings. The molecule has 0 spiro atoms. The Labute approximate surface area is 102 Å². The van der Waals surface area contributed by atoms with E-state index in [1.165, 1.54) is 6.92 Å². The second-order valence-corrected chi connectivity index (χ2v) is 5.08. The average Bonchev–Trinajstić information content (AvgIpc) is 2.12. The van der Waals surface area contributed by atoms with Crippen molar-refractivity contribution in [2.24, 2.45) is 5.73 Å². The summed E-state index contributed by atoms with van der Waals surface area (Å²) in [5.41, 5.74) is 5.01. The van der Waals surface area contributed by atoms with Gasteiger partial charge in [-0.05, 0) is 26.2 Å². The van der Waals surface area contributed by atoms with Gasteiger partial charge >= 0.3 is 0 Å². The van der Waals surface area contributed by atoms with Crippen molar-refractivity contribution >= 4 is 36.9 Å². The Morgan fingerprint density at radius 1 is 1.27 bits per heavy atom. The predicted octanol–water partition coefficient (Wildman–Crippen LogP) is 1.61. The molecule has 5 heteroatoms. The van der Waals surface area contributed by atoms with Crippen molar-refractivity contribution in [2.45, 2.75) is 49.5 Å². The van der Waals surface area contributed by atoms with Crippen LogP contribution in [-0.4, -0.2) is 22.2 Å². The maximum Gasteiger partial charge on any atom is 0.217 e. The minimum atomic E-state index is -0.262. The van der Waals surface area contributed by atoms with Gasteiger partial charge in [0.1, 0.15) is 5.78 Å². The normalized spacial score (nSPS) is 14.6.